The zero-order valence-electron chi connectivity index (χ0n) is 11.1. The molecule has 1 aromatic carbocycles. The second-order valence-corrected chi connectivity index (χ2v) is 4.27. The smallest absolute Gasteiger partial charge is 0.119 e. The monoisotopic (exact) mass is 237 g/mol. The molecule has 0 amide bonds. The third kappa shape index (κ3) is 6.29. The molecule has 0 aliphatic heterocycles. The Morgan fingerprint density at radius 3 is 2.35 bits per heavy atom. The number of rotatable bonds is 8. The lowest BCUT2D eigenvalue weighted by atomic mass is 10.1. The molecule has 0 aromatic heterocycles. The Bertz CT molecular complexity index is 306. The molecule has 0 unspecified atom stereocenters. The van der Waals surface area contributed by atoms with Gasteiger partial charge in [0.1, 0.15) is 12.4 Å². The number of ether oxygens (including phenoxy) is 2. The lowest BCUT2D eigenvalue weighted by Crippen LogP contribution is -2.22. The van der Waals surface area contributed by atoms with Gasteiger partial charge in [-0.05, 0) is 50.1 Å². The van der Waals surface area contributed by atoms with Crippen LogP contribution >= 0.6 is 0 Å². The molecule has 3 heteroatoms. The van der Waals surface area contributed by atoms with Crippen LogP contribution in [0.2, 0.25) is 0 Å². The molecule has 0 spiro atoms. The summed E-state index contributed by atoms with van der Waals surface area (Å²) in [5.74, 6) is 0.959. The first-order valence-electron chi connectivity index (χ1n) is 6.13. The molecule has 3 nitrogen and oxygen atoms in total. The summed E-state index contributed by atoms with van der Waals surface area (Å²) in [5, 5.41) is 3.31. The van der Waals surface area contributed by atoms with Gasteiger partial charge in [0.15, 0.2) is 0 Å². The van der Waals surface area contributed by atoms with Crippen molar-refractivity contribution in [3.05, 3.63) is 29.3 Å². The fourth-order valence-electron chi connectivity index (χ4n) is 1.72. The molecule has 0 aliphatic rings. The van der Waals surface area contributed by atoms with E-state index in [2.05, 4.69) is 37.4 Å². The minimum Gasteiger partial charge on any atom is -0.492 e. The molecule has 1 N–H and O–H groups in total. The summed E-state index contributed by atoms with van der Waals surface area (Å²) in [7, 11) is 1.73. The largest absolute Gasteiger partial charge is 0.492 e. The summed E-state index contributed by atoms with van der Waals surface area (Å²) in [6, 6.07) is 6.28. The molecule has 0 saturated carbocycles. The van der Waals surface area contributed by atoms with Gasteiger partial charge in [-0.1, -0.05) is 6.07 Å². The van der Waals surface area contributed by atoms with Crippen LogP contribution in [0, 0.1) is 13.8 Å². The van der Waals surface area contributed by atoms with Crippen molar-refractivity contribution >= 4 is 0 Å². The van der Waals surface area contributed by atoms with E-state index in [0.717, 1.165) is 31.9 Å². The zero-order chi connectivity index (χ0) is 12.5. The Balaban J connectivity index is 2.13. The van der Waals surface area contributed by atoms with E-state index in [1.54, 1.807) is 7.11 Å². The van der Waals surface area contributed by atoms with Crippen LogP contribution in [-0.4, -0.2) is 33.4 Å². The summed E-state index contributed by atoms with van der Waals surface area (Å²) >= 11 is 0. The van der Waals surface area contributed by atoms with Gasteiger partial charge in [-0.15, -0.1) is 0 Å². The number of benzene rings is 1. The third-order valence-electron chi connectivity index (χ3n) is 2.44. The van der Waals surface area contributed by atoms with Crippen molar-refractivity contribution < 1.29 is 9.47 Å². The van der Waals surface area contributed by atoms with Crippen molar-refractivity contribution in [3.63, 3.8) is 0 Å². The van der Waals surface area contributed by atoms with Gasteiger partial charge < -0.3 is 14.8 Å². The fraction of sp³-hybridized carbons (Fsp3) is 0.571. The van der Waals surface area contributed by atoms with E-state index >= 15 is 0 Å². The molecule has 96 valence electrons. The van der Waals surface area contributed by atoms with E-state index in [1.165, 1.54) is 11.1 Å². The van der Waals surface area contributed by atoms with Crippen LogP contribution in [0.5, 0.6) is 5.75 Å². The lowest BCUT2D eigenvalue weighted by molar-refractivity contribution is 0.193. The Hall–Kier alpha value is -1.06. The van der Waals surface area contributed by atoms with Crippen LogP contribution in [-0.2, 0) is 4.74 Å². The van der Waals surface area contributed by atoms with E-state index in [1.807, 2.05) is 0 Å². The molecular weight excluding hydrogens is 214 g/mol. The predicted molar refractivity (Wildman–Crippen MR) is 70.8 cm³/mol. The van der Waals surface area contributed by atoms with Crippen LogP contribution in [0.1, 0.15) is 17.5 Å². The molecule has 1 aromatic rings. The molecule has 0 saturated heterocycles. The first-order valence-corrected chi connectivity index (χ1v) is 6.13. The third-order valence-corrected chi connectivity index (χ3v) is 2.44. The average Bonchev–Trinajstić information content (AvgIpc) is 2.26. The molecule has 17 heavy (non-hydrogen) atoms. The van der Waals surface area contributed by atoms with Gasteiger partial charge >= 0.3 is 0 Å². The van der Waals surface area contributed by atoms with E-state index in [0.29, 0.717) is 6.61 Å². The summed E-state index contributed by atoms with van der Waals surface area (Å²) < 4.78 is 10.7. The van der Waals surface area contributed by atoms with E-state index in [4.69, 9.17) is 9.47 Å². The maximum absolute atomic E-state index is 5.68. The minimum absolute atomic E-state index is 0.704. The molecule has 0 fully saturated rings. The molecular formula is C14H23NO2. The Kier molecular flexibility index (Phi) is 6.67. The van der Waals surface area contributed by atoms with Gasteiger partial charge in [0.25, 0.3) is 0 Å². The molecule has 1 rings (SSSR count). The van der Waals surface area contributed by atoms with Crippen molar-refractivity contribution in [2.45, 2.75) is 20.3 Å². The summed E-state index contributed by atoms with van der Waals surface area (Å²) in [4.78, 5) is 0. The molecule has 0 aliphatic carbocycles. The number of aryl methyl sites for hydroxylation is 2. The van der Waals surface area contributed by atoms with Gasteiger partial charge in [0.2, 0.25) is 0 Å². The highest BCUT2D eigenvalue weighted by molar-refractivity contribution is 5.32. The zero-order valence-corrected chi connectivity index (χ0v) is 11.1. The van der Waals surface area contributed by atoms with Crippen LogP contribution in [0.25, 0.3) is 0 Å². The Labute approximate surface area is 104 Å². The summed E-state index contributed by atoms with van der Waals surface area (Å²) in [6.45, 7) is 7.53. The second kappa shape index (κ2) is 8.09. The molecule has 0 atom stereocenters. The number of nitrogens with one attached hydrogen (secondary N) is 1. The molecule has 0 radical (unpaired) electrons. The SMILES string of the molecule is COCCCNCCOc1cc(C)cc(C)c1. The van der Waals surface area contributed by atoms with Crippen molar-refractivity contribution in [2.24, 2.45) is 0 Å². The highest BCUT2D eigenvalue weighted by atomic mass is 16.5. The summed E-state index contributed by atoms with van der Waals surface area (Å²) in [6.07, 6.45) is 1.04. The number of hydrogen-bond donors (Lipinski definition) is 1. The predicted octanol–water partition coefficient (Wildman–Crippen LogP) is 2.31. The van der Waals surface area contributed by atoms with Gasteiger partial charge in [-0.3, -0.25) is 0 Å². The fourth-order valence-corrected chi connectivity index (χ4v) is 1.72. The normalized spacial score (nSPS) is 10.5. The highest BCUT2D eigenvalue weighted by Crippen LogP contribution is 2.15. The maximum Gasteiger partial charge on any atom is 0.119 e. The van der Waals surface area contributed by atoms with E-state index < -0.39 is 0 Å². The van der Waals surface area contributed by atoms with Gasteiger partial charge in [-0.25, -0.2) is 0 Å². The van der Waals surface area contributed by atoms with Crippen LogP contribution in [0.4, 0.5) is 0 Å². The van der Waals surface area contributed by atoms with Crippen molar-refractivity contribution in [3.8, 4) is 5.75 Å². The van der Waals surface area contributed by atoms with Crippen LogP contribution < -0.4 is 10.1 Å². The molecule has 0 bridgehead atoms. The summed E-state index contributed by atoms with van der Waals surface area (Å²) in [5.41, 5.74) is 2.49. The van der Waals surface area contributed by atoms with Crippen molar-refractivity contribution in [1.29, 1.82) is 0 Å². The van der Waals surface area contributed by atoms with E-state index in [9.17, 15) is 0 Å². The Morgan fingerprint density at radius 1 is 1.00 bits per heavy atom. The first-order chi connectivity index (χ1) is 8.22. The maximum atomic E-state index is 5.68. The number of methoxy groups -OCH3 is 1. The standard InChI is InChI=1S/C14H23NO2/c1-12-9-13(2)11-14(10-12)17-8-6-15-5-4-7-16-3/h9-11,15H,4-8H2,1-3H3. The Morgan fingerprint density at radius 2 is 1.71 bits per heavy atom. The highest BCUT2D eigenvalue weighted by Gasteiger charge is 1.96. The van der Waals surface area contributed by atoms with Gasteiger partial charge in [0.05, 0.1) is 0 Å². The average molecular weight is 237 g/mol. The minimum atomic E-state index is 0.704. The lowest BCUT2D eigenvalue weighted by Gasteiger charge is -2.09. The van der Waals surface area contributed by atoms with Crippen molar-refractivity contribution in [1.82, 2.24) is 5.32 Å². The quantitative estimate of drug-likeness (QED) is 0.704. The van der Waals surface area contributed by atoms with Gasteiger partial charge in [0, 0.05) is 20.3 Å². The molecule has 0 heterocycles. The van der Waals surface area contributed by atoms with E-state index in [-0.39, 0.29) is 0 Å². The van der Waals surface area contributed by atoms with Crippen LogP contribution in [0.15, 0.2) is 18.2 Å². The topological polar surface area (TPSA) is 30.5 Å². The van der Waals surface area contributed by atoms with Crippen LogP contribution in [0.3, 0.4) is 0 Å². The first kappa shape index (κ1) is 14.0. The van der Waals surface area contributed by atoms with Gasteiger partial charge in [-0.2, -0.15) is 0 Å². The second-order valence-electron chi connectivity index (χ2n) is 4.27. The number of hydrogen-bond acceptors (Lipinski definition) is 3. The van der Waals surface area contributed by atoms with Crippen molar-refractivity contribution in [2.75, 3.05) is 33.4 Å².